The van der Waals surface area contributed by atoms with Gasteiger partial charge in [0.25, 0.3) is 5.69 Å². The zero-order chi connectivity index (χ0) is 18.6. The van der Waals surface area contributed by atoms with Gasteiger partial charge in [-0.1, -0.05) is 18.1 Å². The molecule has 8 heteroatoms. The molecule has 0 fully saturated rings. The Kier molecular flexibility index (Phi) is 5.17. The molecule has 2 rings (SSSR count). The van der Waals surface area contributed by atoms with Crippen molar-refractivity contribution < 1.29 is 27.6 Å². The van der Waals surface area contributed by atoms with Crippen molar-refractivity contribution in [3.05, 3.63) is 52.1 Å². The smallest absolute Gasteiger partial charge is 0.407 e. The minimum absolute atomic E-state index is 0.203. The second kappa shape index (κ2) is 7.13. The Morgan fingerprint density at radius 3 is 2.32 bits per heavy atom. The number of ether oxygens (including phenoxy) is 2. The highest BCUT2D eigenvalue weighted by molar-refractivity contribution is 5.73. The van der Waals surface area contributed by atoms with Gasteiger partial charge in [-0.15, -0.1) is 13.2 Å². The molecule has 25 heavy (non-hydrogen) atoms. The number of nitro benzene ring substituents is 1. The van der Waals surface area contributed by atoms with Crippen LogP contribution >= 0.6 is 0 Å². The van der Waals surface area contributed by atoms with Crippen molar-refractivity contribution in [2.24, 2.45) is 0 Å². The maximum absolute atomic E-state index is 12.2. The lowest BCUT2D eigenvalue weighted by Gasteiger charge is -2.12. The zero-order valence-electron chi connectivity index (χ0n) is 13.2. The van der Waals surface area contributed by atoms with Gasteiger partial charge in [-0.3, -0.25) is 10.1 Å². The van der Waals surface area contributed by atoms with Gasteiger partial charge in [0.2, 0.25) is 0 Å². The number of hydrogen-bond acceptors (Lipinski definition) is 4. The van der Waals surface area contributed by atoms with Crippen LogP contribution < -0.4 is 9.47 Å². The number of nitro groups is 1. The van der Waals surface area contributed by atoms with E-state index in [0.717, 1.165) is 12.1 Å². The first-order chi connectivity index (χ1) is 11.7. The average Bonchev–Trinajstić information content (AvgIpc) is 2.53. The van der Waals surface area contributed by atoms with Crippen LogP contribution in [0.3, 0.4) is 0 Å². The lowest BCUT2D eigenvalue weighted by molar-refractivity contribution is -0.384. The first-order valence-electron chi connectivity index (χ1n) is 6.95. The van der Waals surface area contributed by atoms with E-state index in [4.69, 9.17) is 4.74 Å². The molecule has 0 unspecified atom stereocenters. The molecule has 0 heterocycles. The molecule has 0 aromatic heterocycles. The lowest BCUT2D eigenvalue weighted by Crippen LogP contribution is -2.16. The van der Waals surface area contributed by atoms with E-state index in [1.54, 1.807) is 13.8 Å². The highest BCUT2D eigenvalue weighted by Crippen LogP contribution is 2.35. The van der Waals surface area contributed by atoms with Gasteiger partial charge in [0.15, 0.2) is 5.75 Å². The van der Waals surface area contributed by atoms with Gasteiger partial charge in [-0.05, 0) is 30.2 Å². The van der Waals surface area contributed by atoms with E-state index in [9.17, 15) is 23.3 Å². The summed E-state index contributed by atoms with van der Waals surface area (Å²) in [5, 5.41) is 11.1. The second-order valence-corrected chi connectivity index (χ2v) is 4.90. The van der Waals surface area contributed by atoms with Crippen molar-refractivity contribution >= 4 is 5.69 Å². The Hall–Kier alpha value is -3.21. The van der Waals surface area contributed by atoms with Gasteiger partial charge in [0.05, 0.1) is 11.0 Å². The quantitative estimate of drug-likeness (QED) is 0.450. The van der Waals surface area contributed by atoms with Crippen LogP contribution in [0.1, 0.15) is 12.5 Å². The Morgan fingerprint density at radius 1 is 1.16 bits per heavy atom. The minimum atomic E-state index is -4.79. The molecule has 0 amide bonds. The number of halogens is 3. The normalized spacial score (nSPS) is 10.6. The standard InChI is InChI=1S/C17H12F3NO4/c1-3-8-24-16-10-13(21(22)23)9-15(11(16)2)12-4-6-14(7-5-12)25-17(18,19)20/h4-7,9-10H,1-2H3. The molecule has 2 aromatic rings. The van der Waals surface area contributed by atoms with E-state index in [-0.39, 0.29) is 17.2 Å². The van der Waals surface area contributed by atoms with Gasteiger partial charge in [0.1, 0.15) is 11.9 Å². The largest absolute Gasteiger partial charge is 0.573 e. The Labute approximate surface area is 141 Å². The predicted octanol–water partition coefficient (Wildman–Crippen LogP) is 4.83. The van der Waals surface area contributed by atoms with Crippen LogP contribution in [0, 0.1) is 29.1 Å². The van der Waals surface area contributed by atoms with E-state index in [0.29, 0.717) is 16.7 Å². The molecule has 0 aliphatic carbocycles. The first kappa shape index (κ1) is 18.1. The molecule has 0 aliphatic rings. The topological polar surface area (TPSA) is 61.6 Å². The van der Waals surface area contributed by atoms with Crippen molar-refractivity contribution in [3.63, 3.8) is 0 Å². The molecule has 130 valence electrons. The summed E-state index contributed by atoms with van der Waals surface area (Å²) in [6, 6.07) is 7.58. The highest BCUT2D eigenvalue weighted by Gasteiger charge is 2.31. The highest BCUT2D eigenvalue weighted by atomic mass is 19.4. The maximum Gasteiger partial charge on any atom is 0.573 e. The summed E-state index contributed by atoms with van der Waals surface area (Å²) in [6.07, 6.45) is -2.42. The molecule has 0 radical (unpaired) electrons. The van der Waals surface area contributed by atoms with Crippen molar-refractivity contribution in [1.29, 1.82) is 0 Å². The Bertz CT molecular complexity index is 849. The van der Waals surface area contributed by atoms with Crippen molar-refractivity contribution in [1.82, 2.24) is 0 Å². The third-order valence-corrected chi connectivity index (χ3v) is 3.22. The van der Waals surface area contributed by atoms with Crippen LogP contribution in [0.25, 0.3) is 11.1 Å². The molecule has 0 bridgehead atoms. The summed E-state index contributed by atoms with van der Waals surface area (Å²) >= 11 is 0. The third kappa shape index (κ3) is 4.64. The molecule has 0 N–H and O–H groups in total. The molecule has 5 nitrogen and oxygen atoms in total. The SMILES string of the molecule is CC#COc1cc([N+](=O)[O-])cc(-c2ccc(OC(F)(F)F)cc2)c1C. The number of hydrogen-bond donors (Lipinski definition) is 0. The van der Waals surface area contributed by atoms with E-state index in [1.807, 2.05) is 0 Å². The fourth-order valence-electron chi connectivity index (χ4n) is 2.13. The van der Waals surface area contributed by atoms with Crippen molar-refractivity contribution in [2.75, 3.05) is 0 Å². The molecule has 2 aromatic carbocycles. The van der Waals surface area contributed by atoms with Crippen LogP contribution in [-0.4, -0.2) is 11.3 Å². The monoisotopic (exact) mass is 351 g/mol. The molecule has 0 saturated carbocycles. The van der Waals surface area contributed by atoms with Crippen molar-refractivity contribution in [2.45, 2.75) is 20.2 Å². The lowest BCUT2D eigenvalue weighted by atomic mass is 9.99. The number of non-ortho nitro benzene ring substituents is 1. The first-order valence-corrected chi connectivity index (χ1v) is 6.95. The molecule has 0 saturated heterocycles. The zero-order valence-corrected chi connectivity index (χ0v) is 13.2. The summed E-state index contributed by atoms with van der Waals surface area (Å²) in [7, 11) is 0. The maximum atomic E-state index is 12.2. The summed E-state index contributed by atoms with van der Waals surface area (Å²) in [4.78, 5) is 10.5. The van der Waals surface area contributed by atoms with Crippen LogP contribution in [-0.2, 0) is 0 Å². The van der Waals surface area contributed by atoms with Crippen LogP contribution in [0.2, 0.25) is 0 Å². The summed E-state index contributed by atoms with van der Waals surface area (Å²) < 4.78 is 45.6. The van der Waals surface area contributed by atoms with Gasteiger partial charge < -0.3 is 9.47 Å². The number of alkyl halides is 3. The number of benzene rings is 2. The van der Waals surface area contributed by atoms with Crippen LogP contribution in [0.15, 0.2) is 36.4 Å². The molecule has 0 atom stereocenters. The van der Waals surface area contributed by atoms with Gasteiger partial charge in [-0.2, -0.15) is 0 Å². The Morgan fingerprint density at radius 2 is 1.80 bits per heavy atom. The second-order valence-electron chi connectivity index (χ2n) is 4.90. The summed E-state index contributed by atoms with van der Waals surface area (Å²) in [5.41, 5.74) is 1.27. The van der Waals surface area contributed by atoms with Crippen molar-refractivity contribution in [3.8, 4) is 34.7 Å². The fourth-order valence-corrected chi connectivity index (χ4v) is 2.13. The van der Waals surface area contributed by atoms with Gasteiger partial charge >= 0.3 is 6.36 Å². The third-order valence-electron chi connectivity index (χ3n) is 3.22. The molecular weight excluding hydrogens is 339 g/mol. The van der Waals surface area contributed by atoms with Crippen LogP contribution in [0.5, 0.6) is 11.5 Å². The van der Waals surface area contributed by atoms with E-state index >= 15 is 0 Å². The van der Waals surface area contributed by atoms with E-state index < -0.39 is 11.3 Å². The van der Waals surface area contributed by atoms with E-state index in [1.165, 1.54) is 24.3 Å². The Balaban J connectivity index is 2.47. The fraction of sp³-hybridized carbons (Fsp3) is 0.176. The van der Waals surface area contributed by atoms with Crippen LogP contribution in [0.4, 0.5) is 18.9 Å². The number of rotatable bonds is 4. The van der Waals surface area contributed by atoms with E-state index in [2.05, 4.69) is 16.8 Å². The minimum Gasteiger partial charge on any atom is -0.407 e. The summed E-state index contributed by atoms with van der Waals surface area (Å²) in [5.74, 6) is 2.34. The predicted molar refractivity (Wildman–Crippen MR) is 84.0 cm³/mol. The molecule has 0 spiro atoms. The molecule has 0 aliphatic heterocycles. The number of nitrogens with zero attached hydrogens (tertiary/aromatic N) is 1. The average molecular weight is 351 g/mol. The van der Waals surface area contributed by atoms with Gasteiger partial charge in [-0.25, -0.2) is 0 Å². The summed E-state index contributed by atoms with van der Waals surface area (Å²) in [6.45, 7) is 3.22. The van der Waals surface area contributed by atoms with Gasteiger partial charge in [0, 0.05) is 18.6 Å². The molecular formula is C17H12F3NO4.